The quantitative estimate of drug-likeness (QED) is 0.605. The van der Waals surface area contributed by atoms with Crippen molar-refractivity contribution >= 4 is 0 Å². The molecular weight excluding hydrogens is 206 g/mol. The molecule has 16 heavy (non-hydrogen) atoms. The molecule has 0 aromatic rings. The maximum atomic E-state index is 5.71. The topological polar surface area (TPSA) is 39.7 Å². The highest BCUT2D eigenvalue weighted by Crippen LogP contribution is 2.26. The summed E-state index contributed by atoms with van der Waals surface area (Å²) in [6.07, 6.45) is 2.54. The van der Waals surface area contributed by atoms with Crippen LogP contribution in [0.4, 0.5) is 0 Å². The first-order chi connectivity index (χ1) is 7.83. The fourth-order valence-corrected chi connectivity index (χ4v) is 2.03. The van der Waals surface area contributed by atoms with E-state index >= 15 is 0 Å². The molecule has 1 aliphatic carbocycles. The summed E-state index contributed by atoms with van der Waals surface area (Å²) in [6.45, 7) is 7.38. The van der Waals surface area contributed by atoms with Crippen molar-refractivity contribution in [1.82, 2.24) is 5.32 Å². The molecule has 3 atom stereocenters. The molecule has 0 radical (unpaired) electrons. The maximum Gasteiger partial charge on any atom is 0.0986 e. The summed E-state index contributed by atoms with van der Waals surface area (Å²) in [4.78, 5) is 0. The average Bonchev–Trinajstić information content (AvgIpc) is 2.26. The van der Waals surface area contributed by atoms with Crippen LogP contribution in [-0.4, -0.2) is 51.7 Å². The number of ether oxygens (including phenoxy) is 3. The second-order valence-electron chi connectivity index (χ2n) is 4.12. The fourth-order valence-electron chi connectivity index (χ4n) is 2.03. The normalized spacial score (nSPS) is 29.1. The van der Waals surface area contributed by atoms with E-state index in [-0.39, 0.29) is 12.2 Å². The molecular formula is C12H25NO3. The highest BCUT2D eigenvalue weighted by atomic mass is 16.6. The summed E-state index contributed by atoms with van der Waals surface area (Å²) in [5.41, 5.74) is 0. The van der Waals surface area contributed by atoms with Gasteiger partial charge in [-0.25, -0.2) is 0 Å². The van der Waals surface area contributed by atoms with Crippen molar-refractivity contribution in [2.45, 2.75) is 44.9 Å². The van der Waals surface area contributed by atoms with Crippen LogP contribution < -0.4 is 5.32 Å². The number of likely N-dealkylation sites (N-methyl/N-ethyl adjacent to an activating group) is 1. The van der Waals surface area contributed by atoms with Crippen LogP contribution in [0.1, 0.15) is 26.7 Å². The largest absolute Gasteiger partial charge is 0.379 e. The Morgan fingerprint density at radius 3 is 2.62 bits per heavy atom. The molecule has 0 aliphatic heterocycles. The standard InChI is InChI=1S/C12H25NO3/c1-4-6-15-7-8-16-11-9-10(13-5-2)12(11)14-3/h10-13H,4-9H2,1-3H3. The number of methoxy groups -OCH3 is 1. The molecule has 4 nitrogen and oxygen atoms in total. The molecule has 96 valence electrons. The molecule has 1 rings (SSSR count). The minimum absolute atomic E-state index is 0.200. The number of hydrogen-bond donors (Lipinski definition) is 1. The van der Waals surface area contributed by atoms with Crippen LogP contribution in [0.5, 0.6) is 0 Å². The second kappa shape index (κ2) is 8.01. The molecule has 1 aliphatic rings. The lowest BCUT2D eigenvalue weighted by Crippen LogP contribution is -2.59. The number of nitrogens with one attached hydrogen (secondary N) is 1. The van der Waals surface area contributed by atoms with E-state index in [0.29, 0.717) is 19.3 Å². The first-order valence-corrected chi connectivity index (χ1v) is 6.29. The summed E-state index contributed by atoms with van der Waals surface area (Å²) >= 11 is 0. The van der Waals surface area contributed by atoms with E-state index < -0.39 is 0 Å². The third-order valence-electron chi connectivity index (χ3n) is 2.90. The van der Waals surface area contributed by atoms with Crippen molar-refractivity contribution in [3.8, 4) is 0 Å². The highest BCUT2D eigenvalue weighted by molar-refractivity contribution is 4.96. The monoisotopic (exact) mass is 231 g/mol. The molecule has 0 heterocycles. The molecule has 0 spiro atoms. The highest BCUT2D eigenvalue weighted by Gasteiger charge is 2.41. The van der Waals surface area contributed by atoms with Gasteiger partial charge in [-0.05, 0) is 19.4 Å². The molecule has 1 saturated carbocycles. The molecule has 0 aromatic heterocycles. The number of rotatable bonds is 9. The SMILES string of the molecule is CCCOCCOC1CC(NCC)C1OC. The van der Waals surface area contributed by atoms with Crippen molar-refractivity contribution in [3.63, 3.8) is 0 Å². The summed E-state index contributed by atoms with van der Waals surface area (Å²) < 4.78 is 16.5. The van der Waals surface area contributed by atoms with Crippen LogP contribution in [0.15, 0.2) is 0 Å². The van der Waals surface area contributed by atoms with Gasteiger partial charge in [-0.1, -0.05) is 13.8 Å². The van der Waals surface area contributed by atoms with Gasteiger partial charge in [0.25, 0.3) is 0 Å². The van der Waals surface area contributed by atoms with Gasteiger partial charge in [0.1, 0.15) is 0 Å². The van der Waals surface area contributed by atoms with E-state index in [2.05, 4.69) is 19.2 Å². The van der Waals surface area contributed by atoms with Crippen molar-refractivity contribution in [2.24, 2.45) is 0 Å². The Morgan fingerprint density at radius 1 is 1.19 bits per heavy atom. The Balaban J connectivity index is 2.05. The van der Waals surface area contributed by atoms with Crippen LogP contribution in [-0.2, 0) is 14.2 Å². The number of hydrogen-bond acceptors (Lipinski definition) is 4. The predicted molar refractivity (Wildman–Crippen MR) is 63.7 cm³/mol. The molecule has 0 saturated heterocycles. The van der Waals surface area contributed by atoms with E-state index in [9.17, 15) is 0 Å². The fraction of sp³-hybridized carbons (Fsp3) is 1.00. The Labute approximate surface area is 98.6 Å². The van der Waals surface area contributed by atoms with Crippen LogP contribution in [0.2, 0.25) is 0 Å². The van der Waals surface area contributed by atoms with Gasteiger partial charge in [-0.15, -0.1) is 0 Å². The Kier molecular flexibility index (Phi) is 6.96. The lowest BCUT2D eigenvalue weighted by Gasteiger charge is -2.43. The van der Waals surface area contributed by atoms with Gasteiger partial charge in [0.2, 0.25) is 0 Å². The van der Waals surface area contributed by atoms with Crippen molar-refractivity contribution < 1.29 is 14.2 Å². The van der Waals surface area contributed by atoms with E-state index in [1.54, 1.807) is 7.11 Å². The maximum absolute atomic E-state index is 5.71. The average molecular weight is 231 g/mol. The lowest BCUT2D eigenvalue weighted by atomic mass is 9.85. The molecule has 0 aromatic carbocycles. The van der Waals surface area contributed by atoms with Gasteiger partial charge < -0.3 is 19.5 Å². The summed E-state index contributed by atoms with van der Waals surface area (Å²) in [5.74, 6) is 0. The van der Waals surface area contributed by atoms with Crippen LogP contribution >= 0.6 is 0 Å². The van der Waals surface area contributed by atoms with Crippen molar-refractivity contribution in [2.75, 3.05) is 33.5 Å². The van der Waals surface area contributed by atoms with Gasteiger partial charge in [-0.3, -0.25) is 0 Å². The summed E-state index contributed by atoms with van der Waals surface area (Å²) in [6, 6.07) is 0.455. The molecule has 1 N–H and O–H groups in total. The van der Waals surface area contributed by atoms with Crippen molar-refractivity contribution in [3.05, 3.63) is 0 Å². The second-order valence-corrected chi connectivity index (χ2v) is 4.12. The van der Waals surface area contributed by atoms with Crippen molar-refractivity contribution in [1.29, 1.82) is 0 Å². The predicted octanol–water partition coefficient (Wildman–Crippen LogP) is 1.20. The zero-order chi connectivity index (χ0) is 11.8. The lowest BCUT2D eigenvalue weighted by molar-refractivity contribution is -0.140. The molecule has 0 bridgehead atoms. The van der Waals surface area contributed by atoms with Gasteiger partial charge >= 0.3 is 0 Å². The summed E-state index contributed by atoms with van der Waals surface area (Å²) in [7, 11) is 1.75. The Bertz CT molecular complexity index is 178. The van der Waals surface area contributed by atoms with Gasteiger partial charge in [-0.2, -0.15) is 0 Å². The van der Waals surface area contributed by atoms with Gasteiger partial charge in [0, 0.05) is 19.8 Å². The third kappa shape index (κ3) is 4.01. The first-order valence-electron chi connectivity index (χ1n) is 6.29. The zero-order valence-corrected chi connectivity index (χ0v) is 10.7. The minimum Gasteiger partial charge on any atom is -0.379 e. The van der Waals surface area contributed by atoms with Crippen LogP contribution in [0.25, 0.3) is 0 Å². The zero-order valence-electron chi connectivity index (χ0n) is 10.7. The van der Waals surface area contributed by atoms with Crippen LogP contribution in [0.3, 0.4) is 0 Å². The summed E-state index contributed by atoms with van der Waals surface area (Å²) in [5, 5.41) is 3.39. The van der Waals surface area contributed by atoms with Crippen LogP contribution in [0, 0.1) is 0 Å². The van der Waals surface area contributed by atoms with E-state index in [1.165, 1.54) is 0 Å². The van der Waals surface area contributed by atoms with Gasteiger partial charge in [0.15, 0.2) is 0 Å². The van der Waals surface area contributed by atoms with E-state index in [0.717, 1.165) is 26.0 Å². The molecule has 4 heteroatoms. The van der Waals surface area contributed by atoms with Gasteiger partial charge in [0.05, 0.1) is 25.4 Å². The van der Waals surface area contributed by atoms with E-state index in [4.69, 9.17) is 14.2 Å². The first kappa shape index (κ1) is 13.9. The molecule has 1 fully saturated rings. The Hall–Kier alpha value is -0.160. The smallest absolute Gasteiger partial charge is 0.0986 e. The minimum atomic E-state index is 0.200. The molecule has 0 amide bonds. The van der Waals surface area contributed by atoms with E-state index in [1.807, 2.05) is 0 Å². The Morgan fingerprint density at radius 2 is 2.00 bits per heavy atom. The molecule has 3 unspecified atom stereocenters. The third-order valence-corrected chi connectivity index (χ3v) is 2.90.